The number of amides is 1. The lowest BCUT2D eigenvalue weighted by molar-refractivity contribution is -0.140. The maximum Gasteiger partial charge on any atom is 0.354 e. The van der Waals surface area contributed by atoms with E-state index in [1.807, 2.05) is 24.3 Å². The molecule has 1 aliphatic heterocycles. The Morgan fingerprint density at radius 1 is 1.23 bits per heavy atom. The lowest BCUT2D eigenvalue weighted by atomic mass is 9.94. The molecule has 3 rings (SSSR count). The predicted octanol–water partition coefficient (Wildman–Crippen LogP) is 4.33. The summed E-state index contributed by atoms with van der Waals surface area (Å²) in [6.45, 7) is 10.5. The van der Waals surface area contributed by atoms with Crippen LogP contribution in [0.25, 0.3) is 5.76 Å². The summed E-state index contributed by atoms with van der Waals surface area (Å²) in [4.78, 5) is 45.4. The number of benzene rings is 1. The molecule has 1 atom stereocenters. The first-order chi connectivity index (χ1) is 16.7. The van der Waals surface area contributed by atoms with Crippen LogP contribution in [0, 0.1) is 13.8 Å². The van der Waals surface area contributed by atoms with Gasteiger partial charge in [0.1, 0.15) is 11.5 Å². The molecule has 0 radical (unpaired) electrons. The van der Waals surface area contributed by atoms with E-state index >= 15 is 0 Å². The molecule has 2 aromatic rings. The Bertz CT molecular complexity index is 1170. The Morgan fingerprint density at radius 2 is 1.91 bits per heavy atom. The number of ketones is 1. The first-order valence-electron chi connectivity index (χ1n) is 11.7. The molecule has 2 heterocycles. The summed E-state index contributed by atoms with van der Waals surface area (Å²) < 4.78 is 5.62. The highest BCUT2D eigenvalue weighted by molar-refractivity contribution is 9.10. The third-order valence-electron chi connectivity index (χ3n) is 6.54. The van der Waals surface area contributed by atoms with Gasteiger partial charge in [0, 0.05) is 22.3 Å². The first-order valence-corrected chi connectivity index (χ1v) is 12.5. The zero-order valence-electron chi connectivity index (χ0n) is 20.8. The molecule has 1 saturated heterocycles. The number of carbonyl (C=O) groups excluding carboxylic acids is 3. The number of aromatic amines is 1. The lowest BCUT2D eigenvalue weighted by Crippen LogP contribution is -2.33. The van der Waals surface area contributed by atoms with Crippen molar-refractivity contribution < 1.29 is 24.2 Å². The molecule has 0 unspecified atom stereocenters. The van der Waals surface area contributed by atoms with Crippen LogP contribution in [0.3, 0.4) is 0 Å². The molecule has 1 fully saturated rings. The number of esters is 1. The fourth-order valence-electron chi connectivity index (χ4n) is 4.68. The number of nitrogens with zero attached hydrogens (tertiary/aromatic N) is 2. The van der Waals surface area contributed by atoms with E-state index in [0.717, 1.165) is 24.1 Å². The van der Waals surface area contributed by atoms with Gasteiger partial charge in [0.2, 0.25) is 0 Å². The molecule has 0 aliphatic carbocycles. The first kappa shape index (κ1) is 26.7. The number of aliphatic hydroxyl groups excluding tert-OH is 1. The Kier molecular flexibility index (Phi) is 8.56. The van der Waals surface area contributed by atoms with Crippen LogP contribution in [-0.4, -0.2) is 70.8 Å². The summed E-state index contributed by atoms with van der Waals surface area (Å²) in [7, 11) is 1.27. The van der Waals surface area contributed by atoms with Gasteiger partial charge in [-0.05, 0) is 63.2 Å². The molecule has 0 spiro atoms. The van der Waals surface area contributed by atoms with Gasteiger partial charge in [-0.2, -0.15) is 0 Å². The number of rotatable bonds is 9. The molecule has 1 aliphatic rings. The predicted molar refractivity (Wildman–Crippen MR) is 137 cm³/mol. The highest BCUT2D eigenvalue weighted by Crippen LogP contribution is 2.41. The van der Waals surface area contributed by atoms with E-state index in [2.05, 4.69) is 39.7 Å². The third kappa shape index (κ3) is 5.21. The number of carbonyl (C=O) groups is 3. The summed E-state index contributed by atoms with van der Waals surface area (Å²) in [6, 6.07) is 6.62. The van der Waals surface area contributed by atoms with Crippen molar-refractivity contribution in [2.75, 3.05) is 33.3 Å². The Morgan fingerprint density at radius 3 is 2.51 bits per heavy atom. The number of likely N-dealkylation sites (tertiary alicyclic amines) is 1. The zero-order chi connectivity index (χ0) is 25.9. The number of aromatic nitrogens is 1. The van der Waals surface area contributed by atoms with Crippen molar-refractivity contribution in [1.82, 2.24) is 14.8 Å². The molecule has 2 N–H and O–H groups in total. The van der Waals surface area contributed by atoms with Gasteiger partial charge in [0.05, 0.1) is 18.7 Å². The highest BCUT2D eigenvalue weighted by atomic mass is 79.9. The molecule has 8 nitrogen and oxygen atoms in total. The number of hydrogen-bond acceptors (Lipinski definition) is 6. The molecule has 35 heavy (non-hydrogen) atoms. The van der Waals surface area contributed by atoms with E-state index < -0.39 is 23.7 Å². The van der Waals surface area contributed by atoms with E-state index in [0.29, 0.717) is 35.3 Å². The van der Waals surface area contributed by atoms with Crippen LogP contribution in [0.2, 0.25) is 0 Å². The van der Waals surface area contributed by atoms with Crippen LogP contribution >= 0.6 is 15.9 Å². The second-order valence-corrected chi connectivity index (χ2v) is 9.46. The Hall–Kier alpha value is -2.91. The van der Waals surface area contributed by atoms with Gasteiger partial charge in [-0.25, -0.2) is 4.79 Å². The zero-order valence-corrected chi connectivity index (χ0v) is 22.4. The van der Waals surface area contributed by atoms with Gasteiger partial charge >= 0.3 is 5.97 Å². The summed E-state index contributed by atoms with van der Waals surface area (Å²) >= 11 is 3.47. The molecule has 1 amide bonds. The van der Waals surface area contributed by atoms with Crippen LogP contribution in [0.15, 0.2) is 34.3 Å². The number of aryl methyl sites for hydroxylation is 1. The molecule has 188 valence electrons. The van der Waals surface area contributed by atoms with Crippen molar-refractivity contribution in [2.45, 2.75) is 40.2 Å². The number of Topliss-reactive ketones (excluding diaryl/α,β-unsaturated/α-hetero) is 1. The Balaban J connectivity index is 2.12. The number of aliphatic hydroxyl groups is 1. The normalized spacial score (nSPS) is 17.5. The number of nitrogens with one attached hydrogen (secondary N) is 1. The van der Waals surface area contributed by atoms with Crippen LogP contribution in [0.1, 0.15) is 59.2 Å². The number of halogens is 1. The average molecular weight is 546 g/mol. The maximum atomic E-state index is 13.3. The van der Waals surface area contributed by atoms with Crippen LogP contribution in [0.5, 0.6) is 0 Å². The van der Waals surface area contributed by atoms with Crippen LogP contribution in [-0.2, 0) is 14.3 Å². The quantitative estimate of drug-likeness (QED) is 0.210. The lowest BCUT2D eigenvalue weighted by Gasteiger charge is -2.27. The van der Waals surface area contributed by atoms with Crippen molar-refractivity contribution in [1.29, 1.82) is 0 Å². The minimum Gasteiger partial charge on any atom is -0.507 e. The number of methoxy groups -OCH3 is 1. The molecule has 0 saturated carbocycles. The van der Waals surface area contributed by atoms with Gasteiger partial charge in [0.25, 0.3) is 11.7 Å². The molecule has 0 bridgehead atoms. The molecule has 9 heteroatoms. The van der Waals surface area contributed by atoms with E-state index in [4.69, 9.17) is 4.74 Å². The fraction of sp³-hybridized carbons (Fsp3) is 0.423. The van der Waals surface area contributed by atoms with Gasteiger partial charge in [-0.1, -0.05) is 41.9 Å². The second kappa shape index (κ2) is 11.2. The van der Waals surface area contributed by atoms with E-state index in [1.165, 1.54) is 12.0 Å². The summed E-state index contributed by atoms with van der Waals surface area (Å²) in [5, 5.41) is 11.4. The summed E-state index contributed by atoms with van der Waals surface area (Å²) in [5.41, 5.74) is 2.19. The molecular weight excluding hydrogens is 514 g/mol. The molecule has 1 aromatic carbocycles. The minimum atomic E-state index is -0.750. The van der Waals surface area contributed by atoms with Crippen LogP contribution < -0.4 is 0 Å². The smallest absolute Gasteiger partial charge is 0.354 e. The van der Waals surface area contributed by atoms with Crippen LogP contribution in [0.4, 0.5) is 0 Å². The fourth-order valence-corrected chi connectivity index (χ4v) is 5.10. The van der Waals surface area contributed by atoms with E-state index in [-0.39, 0.29) is 17.0 Å². The minimum absolute atomic E-state index is 0.0116. The number of ether oxygens (including phenoxy) is 1. The van der Waals surface area contributed by atoms with Crippen molar-refractivity contribution in [3.63, 3.8) is 0 Å². The second-order valence-electron chi connectivity index (χ2n) is 8.54. The standard InChI is InChI=1S/C26H32BrN3O5/c1-6-29(7-2)12-9-13-30-22(17-10-8-11-18(27)14-17)20(24(32)25(30)33)23(31)19-15(3)21(26(34)35-5)28-16(19)4/h8,10-11,14,22,28,31H,6-7,9,12-13H2,1-5H3/t22-/m1/s1. The van der Waals surface area contributed by atoms with Crippen molar-refractivity contribution >= 4 is 39.3 Å². The largest absolute Gasteiger partial charge is 0.507 e. The molecular formula is C26H32BrN3O5. The van der Waals surface area contributed by atoms with Gasteiger partial charge < -0.3 is 24.6 Å². The SMILES string of the molecule is CCN(CC)CCCN1C(=O)C(=O)C(=C(O)c2c(C)[nH]c(C(=O)OC)c2C)[C@H]1c1cccc(Br)c1. The Labute approximate surface area is 214 Å². The van der Waals surface area contributed by atoms with Crippen molar-refractivity contribution in [3.05, 3.63) is 62.4 Å². The van der Waals surface area contributed by atoms with E-state index in [9.17, 15) is 19.5 Å². The van der Waals surface area contributed by atoms with Gasteiger partial charge in [0.15, 0.2) is 0 Å². The summed E-state index contributed by atoms with van der Waals surface area (Å²) in [6.07, 6.45) is 0.688. The van der Waals surface area contributed by atoms with Gasteiger partial charge in [-0.15, -0.1) is 0 Å². The number of hydrogen-bond donors (Lipinski definition) is 2. The summed E-state index contributed by atoms with van der Waals surface area (Å²) in [5.74, 6) is -2.27. The molecule has 1 aromatic heterocycles. The van der Waals surface area contributed by atoms with Crippen molar-refractivity contribution in [3.8, 4) is 0 Å². The number of H-pyrrole nitrogens is 1. The maximum absolute atomic E-state index is 13.3. The third-order valence-corrected chi connectivity index (χ3v) is 7.03. The highest BCUT2D eigenvalue weighted by Gasteiger charge is 2.46. The monoisotopic (exact) mass is 545 g/mol. The van der Waals surface area contributed by atoms with Gasteiger partial charge in [-0.3, -0.25) is 9.59 Å². The average Bonchev–Trinajstić information content (AvgIpc) is 3.28. The van der Waals surface area contributed by atoms with E-state index in [1.54, 1.807) is 13.8 Å². The van der Waals surface area contributed by atoms with Crippen molar-refractivity contribution in [2.24, 2.45) is 0 Å². The topological polar surface area (TPSA) is 103 Å².